The van der Waals surface area contributed by atoms with E-state index < -0.39 is 29.1 Å². The smallest absolute Gasteiger partial charge is 0.303 e. The SMILES string of the molecule is CC(=O)OC[C@H](OC(C)=O)[C@]1(O)CC[C@@H]2[C@@H]3CC[C@H]4C[C@H](OC(C)=O)CC[C@]4(C)[C@@H]3CC[C@]21C. The van der Waals surface area contributed by atoms with E-state index in [-0.39, 0.29) is 24.1 Å². The van der Waals surface area contributed by atoms with Crippen molar-refractivity contribution in [2.75, 3.05) is 6.61 Å². The first-order valence-electron chi connectivity index (χ1n) is 13.1. The van der Waals surface area contributed by atoms with Crippen LogP contribution in [-0.2, 0) is 28.6 Å². The summed E-state index contributed by atoms with van der Waals surface area (Å²) in [7, 11) is 0. The van der Waals surface area contributed by atoms with Gasteiger partial charge in [0.05, 0.1) is 0 Å². The van der Waals surface area contributed by atoms with E-state index in [4.69, 9.17) is 14.2 Å². The van der Waals surface area contributed by atoms with Gasteiger partial charge in [-0.25, -0.2) is 0 Å². The van der Waals surface area contributed by atoms with Gasteiger partial charge in [0.2, 0.25) is 0 Å². The summed E-state index contributed by atoms with van der Waals surface area (Å²) in [5, 5.41) is 12.1. The largest absolute Gasteiger partial charge is 0.463 e. The third kappa shape index (κ3) is 4.16. The molecule has 0 radical (unpaired) electrons. The minimum absolute atomic E-state index is 0.0447. The van der Waals surface area contributed by atoms with Gasteiger partial charge in [0.1, 0.15) is 18.3 Å². The van der Waals surface area contributed by atoms with Gasteiger partial charge >= 0.3 is 17.9 Å². The maximum Gasteiger partial charge on any atom is 0.303 e. The molecule has 7 heteroatoms. The highest BCUT2D eigenvalue weighted by Gasteiger charge is 2.67. The molecule has 0 aliphatic heterocycles. The first kappa shape index (κ1) is 25.5. The van der Waals surface area contributed by atoms with E-state index in [1.54, 1.807) is 0 Å². The lowest BCUT2D eigenvalue weighted by Crippen LogP contribution is -2.61. The highest BCUT2D eigenvalue weighted by molar-refractivity contribution is 5.67. The van der Waals surface area contributed by atoms with Crippen LogP contribution in [0.5, 0.6) is 0 Å². The second-order valence-electron chi connectivity index (χ2n) is 12.0. The number of carbonyl (C=O) groups excluding carboxylic acids is 3. The molecule has 192 valence electrons. The molecule has 0 aromatic heterocycles. The number of aliphatic hydroxyl groups is 1. The van der Waals surface area contributed by atoms with Crippen LogP contribution in [0.4, 0.5) is 0 Å². The molecule has 1 N–H and O–H groups in total. The maximum atomic E-state index is 12.1. The number of carbonyl (C=O) groups is 3. The van der Waals surface area contributed by atoms with Crippen LogP contribution < -0.4 is 0 Å². The van der Waals surface area contributed by atoms with Crippen molar-refractivity contribution in [3.63, 3.8) is 0 Å². The van der Waals surface area contributed by atoms with Crippen LogP contribution >= 0.6 is 0 Å². The van der Waals surface area contributed by atoms with Gasteiger partial charge in [-0.2, -0.15) is 0 Å². The Hall–Kier alpha value is -1.63. The van der Waals surface area contributed by atoms with Gasteiger partial charge in [0.15, 0.2) is 6.10 Å². The number of hydrogen-bond acceptors (Lipinski definition) is 7. The molecule has 0 bridgehead atoms. The molecule has 4 aliphatic rings. The standard InChI is InChI=1S/C27H42O7/c1-16(28)32-15-24(34-18(3)30)27(31)13-10-23-21-7-6-19-14-20(33-17(2)29)8-11-25(19,4)22(21)9-12-26(23,27)5/h19-24,31H,6-15H2,1-5H3/t19-,20+,21+,22+,23+,24-,25-,26+,27+/m0/s1. The summed E-state index contributed by atoms with van der Waals surface area (Å²) in [4.78, 5) is 34.9. The van der Waals surface area contributed by atoms with Crippen molar-refractivity contribution in [1.29, 1.82) is 0 Å². The number of fused-ring (bicyclic) bond motifs is 5. The quantitative estimate of drug-likeness (QED) is 0.467. The summed E-state index contributed by atoms with van der Waals surface area (Å²) in [6.45, 7) is 8.66. The molecular formula is C27H42O7. The van der Waals surface area contributed by atoms with Gasteiger partial charge < -0.3 is 19.3 Å². The fourth-order valence-electron chi connectivity index (χ4n) is 8.80. The molecule has 0 spiro atoms. The predicted octanol–water partition coefficient (Wildman–Crippen LogP) is 4.19. The van der Waals surface area contributed by atoms with Gasteiger partial charge in [-0.15, -0.1) is 0 Å². The number of ether oxygens (including phenoxy) is 3. The fraction of sp³-hybridized carbons (Fsp3) is 0.889. The van der Waals surface area contributed by atoms with E-state index in [0.29, 0.717) is 30.1 Å². The molecule has 0 unspecified atom stereocenters. The summed E-state index contributed by atoms with van der Waals surface area (Å²) < 4.78 is 16.4. The third-order valence-electron chi connectivity index (χ3n) is 10.4. The van der Waals surface area contributed by atoms with E-state index in [1.165, 1.54) is 20.8 Å². The zero-order valence-corrected chi connectivity index (χ0v) is 21.4. The van der Waals surface area contributed by atoms with Crippen LogP contribution in [0.15, 0.2) is 0 Å². The molecule has 9 atom stereocenters. The van der Waals surface area contributed by atoms with Crippen molar-refractivity contribution < 1.29 is 33.7 Å². The Labute approximate surface area is 203 Å². The van der Waals surface area contributed by atoms with Crippen LogP contribution in [0.2, 0.25) is 0 Å². The van der Waals surface area contributed by atoms with Gasteiger partial charge in [0.25, 0.3) is 0 Å². The van der Waals surface area contributed by atoms with Crippen molar-refractivity contribution in [1.82, 2.24) is 0 Å². The summed E-state index contributed by atoms with van der Waals surface area (Å²) in [6.07, 6.45) is 7.74. The topological polar surface area (TPSA) is 99.1 Å². The summed E-state index contributed by atoms with van der Waals surface area (Å²) in [6, 6.07) is 0. The van der Waals surface area contributed by atoms with E-state index >= 15 is 0 Å². The number of esters is 3. The Morgan fingerprint density at radius 3 is 2.24 bits per heavy atom. The van der Waals surface area contributed by atoms with Crippen molar-refractivity contribution in [3.05, 3.63) is 0 Å². The lowest BCUT2D eigenvalue weighted by Gasteiger charge is -2.62. The Morgan fingerprint density at radius 1 is 0.882 bits per heavy atom. The molecule has 4 fully saturated rings. The lowest BCUT2D eigenvalue weighted by atomic mass is 9.44. The minimum atomic E-state index is -1.21. The average molecular weight is 479 g/mol. The molecule has 34 heavy (non-hydrogen) atoms. The Kier molecular flexibility index (Phi) is 6.82. The van der Waals surface area contributed by atoms with E-state index in [2.05, 4.69) is 13.8 Å². The number of rotatable bonds is 5. The summed E-state index contributed by atoms with van der Waals surface area (Å²) >= 11 is 0. The number of hydrogen-bond donors (Lipinski definition) is 1. The van der Waals surface area contributed by atoms with Gasteiger partial charge in [0, 0.05) is 26.2 Å². The van der Waals surface area contributed by atoms with Gasteiger partial charge in [-0.1, -0.05) is 13.8 Å². The third-order valence-corrected chi connectivity index (χ3v) is 10.4. The van der Waals surface area contributed by atoms with Crippen LogP contribution in [0, 0.1) is 34.5 Å². The van der Waals surface area contributed by atoms with Crippen LogP contribution in [0.25, 0.3) is 0 Å². The molecule has 4 aliphatic carbocycles. The zero-order chi connectivity index (χ0) is 24.9. The first-order valence-corrected chi connectivity index (χ1v) is 13.1. The van der Waals surface area contributed by atoms with E-state index in [0.717, 1.165) is 51.4 Å². The van der Waals surface area contributed by atoms with E-state index in [9.17, 15) is 19.5 Å². The average Bonchev–Trinajstić information content (AvgIpc) is 3.02. The van der Waals surface area contributed by atoms with Crippen molar-refractivity contribution in [2.24, 2.45) is 34.5 Å². The predicted molar refractivity (Wildman–Crippen MR) is 124 cm³/mol. The molecule has 4 rings (SSSR count). The first-order chi connectivity index (χ1) is 15.9. The molecule has 0 aromatic rings. The Bertz CT molecular complexity index is 826. The second-order valence-corrected chi connectivity index (χ2v) is 12.0. The molecule has 4 saturated carbocycles. The fourth-order valence-corrected chi connectivity index (χ4v) is 8.80. The second kappa shape index (κ2) is 9.11. The monoisotopic (exact) mass is 478 g/mol. The Morgan fingerprint density at radius 2 is 1.59 bits per heavy atom. The Balaban J connectivity index is 1.55. The van der Waals surface area contributed by atoms with Crippen LogP contribution in [0.1, 0.15) is 92.4 Å². The minimum Gasteiger partial charge on any atom is -0.463 e. The van der Waals surface area contributed by atoms with Crippen LogP contribution in [-0.4, -0.2) is 47.4 Å². The summed E-state index contributed by atoms with van der Waals surface area (Å²) in [5.74, 6) is 0.919. The molecule has 0 amide bonds. The summed E-state index contributed by atoms with van der Waals surface area (Å²) in [5.41, 5.74) is -1.38. The normalized spacial score (nSPS) is 44.1. The molecule has 0 heterocycles. The van der Waals surface area contributed by atoms with Crippen molar-refractivity contribution in [2.45, 2.75) is 110 Å². The molecule has 0 saturated heterocycles. The van der Waals surface area contributed by atoms with Gasteiger partial charge in [-0.05, 0) is 86.9 Å². The lowest BCUT2D eigenvalue weighted by molar-refractivity contribution is -0.213. The molecular weight excluding hydrogens is 436 g/mol. The van der Waals surface area contributed by atoms with Crippen molar-refractivity contribution in [3.8, 4) is 0 Å². The van der Waals surface area contributed by atoms with Gasteiger partial charge in [-0.3, -0.25) is 14.4 Å². The van der Waals surface area contributed by atoms with E-state index in [1.807, 2.05) is 0 Å². The zero-order valence-electron chi connectivity index (χ0n) is 21.4. The highest BCUT2D eigenvalue weighted by atomic mass is 16.6. The maximum absolute atomic E-state index is 12.1. The van der Waals surface area contributed by atoms with Crippen LogP contribution in [0.3, 0.4) is 0 Å². The molecule has 0 aromatic carbocycles. The molecule has 7 nitrogen and oxygen atoms in total. The highest BCUT2D eigenvalue weighted by Crippen LogP contribution is 2.69. The van der Waals surface area contributed by atoms with Crippen molar-refractivity contribution >= 4 is 17.9 Å².